The van der Waals surface area contributed by atoms with E-state index in [1.54, 1.807) is 34.0 Å². The third kappa shape index (κ3) is 4.38. The Labute approximate surface area is 179 Å². The Hall–Kier alpha value is -3.13. The monoisotopic (exact) mass is 426 g/mol. The van der Waals surface area contributed by atoms with Gasteiger partial charge in [-0.25, -0.2) is 0 Å². The Morgan fingerprint density at radius 2 is 1.97 bits per heavy atom. The summed E-state index contributed by atoms with van der Waals surface area (Å²) in [6.45, 7) is 3.80. The molecular weight excluding hydrogens is 404 g/mol. The zero-order valence-corrected chi connectivity index (χ0v) is 17.4. The van der Waals surface area contributed by atoms with E-state index < -0.39 is 0 Å². The van der Waals surface area contributed by atoms with E-state index in [1.165, 1.54) is 0 Å². The first-order valence-corrected chi connectivity index (χ1v) is 10.3. The van der Waals surface area contributed by atoms with Crippen molar-refractivity contribution in [3.8, 4) is 11.3 Å². The van der Waals surface area contributed by atoms with Gasteiger partial charge in [0, 0.05) is 42.3 Å². The van der Waals surface area contributed by atoms with Crippen LogP contribution in [0.2, 0.25) is 5.02 Å². The van der Waals surface area contributed by atoms with E-state index in [2.05, 4.69) is 20.6 Å². The number of aromatic amines is 1. The highest BCUT2D eigenvalue weighted by molar-refractivity contribution is 6.30. The molecule has 4 rings (SSSR count). The molecule has 0 radical (unpaired) electrons. The largest absolute Gasteiger partial charge is 0.337 e. The first kappa shape index (κ1) is 20.2. The Morgan fingerprint density at radius 3 is 2.63 bits per heavy atom. The molecule has 1 fully saturated rings. The number of benzene rings is 1. The van der Waals surface area contributed by atoms with Crippen molar-refractivity contribution in [2.45, 2.75) is 26.3 Å². The zero-order valence-electron chi connectivity index (χ0n) is 16.6. The molecule has 2 aromatic heterocycles. The first-order valence-electron chi connectivity index (χ1n) is 9.97. The number of hydrogen-bond donors (Lipinski definition) is 2. The van der Waals surface area contributed by atoms with Gasteiger partial charge in [0.05, 0.1) is 17.6 Å². The van der Waals surface area contributed by atoms with Crippen molar-refractivity contribution in [3.05, 3.63) is 53.4 Å². The van der Waals surface area contributed by atoms with Gasteiger partial charge in [-0.3, -0.25) is 19.4 Å². The number of H-pyrrole nitrogens is 1. The lowest BCUT2D eigenvalue weighted by Crippen LogP contribution is -2.41. The summed E-state index contributed by atoms with van der Waals surface area (Å²) < 4.78 is 1.76. The Balaban J connectivity index is 1.33. The number of nitrogens with one attached hydrogen (secondary N) is 2. The molecule has 1 aliphatic heterocycles. The number of carbonyl (C=O) groups excluding carboxylic acids is 2. The fraction of sp³-hybridized carbons (Fsp3) is 0.333. The molecule has 9 heteroatoms. The quantitative estimate of drug-likeness (QED) is 0.653. The summed E-state index contributed by atoms with van der Waals surface area (Å²) in [6.07, 6.45) is 4.71. The van der Waals surface area contributed by atoms with Crippen LogP contribution in [-0.4, -0.2) is 49.8 Å². The minimum absolute atomic E-state index is 0.0238. The number of carbonyl (C=O) groups is 2. The molecule has 8 nitrogen and oxygen atoms in total. The number of aromatic nitrogens is 4. The summed E-state index contributed by atoms with van der Waals surface area (Å²) in [7, 11) is 0. The molecular formula is C21H23ClN6O2. The lowest BCUT2D eigenvalue weighted by Gasteiger charge is -2.30. The SMILES string of the molecule is CCn1cc(NC(=O)C2CCN(C(=O)c3cc(-c4ccc(Cl)cc4)n[nH]3)CC2)cn1. The van der Waals surface area contributed by atoms with Crippen molar-refractivity contribution in [2.75, 3.05) is 18.4 Å². The predicted octanol–water partition coefficient (Wildman–Crippen LogP) is 3.44. The summed E-state index contributed by atoms with van der Waals surface area (Å²) in [5, 5.41) is 14.8. The molecule has 1 saturated heterocycles. The van der Waals surface area contributed by atoms with Crippen molar-refractivity contribution in [2.24, 2.45) is 5.92 Å². The van der Waals surface area contributed by atoms with Gasteiger partial charge in [-0.05, 0) is 38.0 Å². The third-order valence-electron chi connectivity index (χ3n) is 5.33. The van der Waals surface area contributed by atoms with Gasteiger partial charge in [-0.2, -0.15) is 10.2 Å². The number of amides is 2. The highest BCUT2D eigenvalue weighted by Crippen LogP contribution is 2.23. The second-order valence-electron chi connectivity index (χ2n) is 7.31. The van der Waals surface area contributed by atoms with E-state index in [1.807, 2.05) is 25.3 Å². The molecule has 0 spiro atoms. The number of nitrogens with zero attached hydrogens (tertiary/aromatic N) is 4. The Kier molecular flexibility index (Phi) is 5.85. The fourth-order valence-electron chi connectivity index (χ4n) is 3.56. The molecule has 0 bridgehead atoms. The maximum atomic E-state index is 12.8. The van der Waals surface area contributed by atoms with Crippen molar-refractivity contribution in [1.29, 1.82) is 0 Å². The lowest BCUT2D eigenvalue weighted by molar-refractivity contribution is -0.121. The van der Waals surface area contributed by atoms with Gasteiger partial charge < -0.3 is 10.2 Å². The second-order valence-corrected chi connectivity index (χ2v) is 7.75. The smallest absolute Gasteiger partial charge is 0.271 e. The summed E-state index contributed by atoms with van der Waals surface area (Å²) >= 11 is 5.92. The molecule has 0 unspecified atom stereocenters. The molecule has 156 valence electrons. The van der Waals surface area contributed by atoms with Crippen LogP contribution in [-0.2, 0) is 11.3 Å². The van der Waals surface area contributed by atoms with Gasteiger partial charge in [0.15, 0.2) is 0 Å². The van der Waals surface area contributed by atoms with E-state index >= 15 is 0 Å². The van der Waals surface area contributed by atoms with Crippen LogP contribution in [0.3, 0.4) is 0 Å². The zero-order chi connectivity index (χ0) is 21.1. The molecule has 0 aliphatic carbocycles. The van der Waals surface area contributed by atoms with E-state index in [0.29, 0.717) is 48.0 Å². The summed E-state index contributed by atoms with van der Waals surface area (Å²) in [5.41, 5.74) is 2.72. The number of halogens is 1. The molecule has 2 amide bonds. The number of aryl methyl sites for hydroxylation is 1. The maximum Gasteiger partial charge on any atom is 0.271 e. The lowest BCUT2D eigenvalue weighted by atomic mass is 9.95. The topological polar surface area (TPSA) is 95.9 Å². The molecule has 30 heavy (non-hydrogen) atoms. The standard InChI is InChI=1S/C21H23ClN6O2/c1-2-28-13-17(12-23-28)24-20(29)15-7-9-27(10-8-15)21(30)19-11-18(25-26-19)14-3-5-16(22)6-4-14/h3-6,11-13,15H,2,7-10H2,1H3,(H,24,29)(H,25,26). The van der Waals surface area contributed by atoms with Crippen molar-refractivity contribution in [3.63, 3.8) is 0 Å². The van der Waals surface area contributed by atoms with Gasteiger partial charge in [0.25, 0.3) is 5.91 Å². The second kappa shape index (κ2) is 8.71. The van der Waals surface area contributed by atoms with Gasteiger partial charge in [0.2, 0.25) is 5.91 Å². The minimum Gasteiger partial charge on any atom is -0.337 e. The number of likely N-dealkylation sites (tertiary alicyclic amines) is 1. The summed E-state index contributed by atoms with van der Waals surface area (Å²) in [5.74, 6) is -0.250. The molecule has 1 aliphatic rings. The van der Waals surface area contributed by atoms with Crippen LogP contribution >= 0.6 is 11.6 Å². The highest BCUT2D eigenvalue weighted by Gasteiger charge is 2.28. The number of piperidine rings is 1. The fourth-order valence-corrected chi connectivity index (χ4v) is 3.69. The van der Waals surface area contributed by atoms with Crippen LogP contribution in [0.4, 0.5) is 5.69 Å². The van der Waals surface area contributed by atoms with E-state index in [-0.39, 0.29) is 17.7 Å². The average Bonchev–Trinajstić information content (AvgIpc) is 3.43. The van der Waals surface area contributed by atoms with Gasteiger partial charge in [-0.15, -0.1) is 0 Å². The molecule has 2 N–H and O–H groups in total. The first-order chi connectivity index (χ1) is 14.5. The van der Waals surface area contributed by atoms with E-state index in [4.69, 9.17) is 11.6 Å². The average molecular weight is 427 g/mol. The number of hydrogen-bond acceptors (Lipinski definition) is 4. The molecule has 1 aromatic carbocycles. The van der Waals surface area contributed by atoms with Crippen molar-refractivity contribution in [1.82, 2.24) is 24.9 Å². The van der Waals surface area contributed by atoms with Crippen LogP contribution in [0, 0.1) is 5.92 Å². The van der Waals surface area contributed by atoms with Crippen LogP contribution < -0.4 is 5.32 Å². The van der Waals surface area contributed by atoms with Crippen molar-refractivity contribution >= 4 is 29.1 Å². The van der Waals surface area contributed by atoms with E-state index in [9.17, 15) is 9.59 Å². The van der Waals surface area contributed by atoms with Crippen molar-refractivity contribution < 1.29 is 9.59 Å². The predicted molar refractivity (Wildman–Crippen MR) is 114 cm³/mol. The highest BCUT2D eigenvalue weighted by atomic mass is 35.5. The molecule has 3 aromatic rings. The summed E-state index contributed by atoms with van der Waals surface area (Å²) in [4.78, 5) is 27.1. The maximum absolute atomic E-state index is 12.8. The number of rotatable bonds is 5. The van der Waals surface area contributed by atoms with Gasteiger partial charge in [-0.1, -0.05) is 23.7 Å². The third-order valence-corrected chi connectivity index (χ3v) is 5.58. The minimum atomic E-state index is -0.120. The Morgan fingerprint density at radius 1 is 1.23 bits per heavy atom. The molecule has 0 atom stereocenters. The molecule has 3 heterocycles. The van der Waals surface area contributed by atoms with E-state index in [0.717, 1.165) is 12.1 Å². The normalized spacial score (nSPS) is 14.7. The number of anilines is 1. The summed E-state index contributed by atoms with van der Waals surface area (Å²) in [6, 6.07) is 9.05. The van der Waals surface area contributed by atoms with Crippen LogP contribution in [0.1, 0.15) is 30.3 Å². The van der Waals surface area contributed by atoms with Crippen LogP contribution in [0.15, 0.2) is 42.7 Å². The van der Waals surface area contributed by atoms with Crippen LogP contribution in [0.5, 0.6) is 0 Å². The van der Waals surface area contributed by atoms with Gasteiger partial charge in [0.1, 0.15) is 5.69 Å². The van der Waals surface area contributed by atoms with Crippen LogP contribution in [0.25, 0.3) is 11.3 Å². The molecule has 0 saturated carbocycles. The Bertz CT molecular complexity index is 1030. The van der Waals surface area contributed by atoms with Gasteiger partial charge >= 0.3 is 0 Å².